The lowest BCUT2D eigenvalue weighted by Gasteiger charge is -2.47. The molecule has 0 unspecified atom stereocenters. The minimum Gasteiger partial charge on any atom is -0.392 e. The van der Waals surface area contributed by atoms with Crippen LogP contribution in [0.25, 0.3) is 0 Å². The van der Waals surface area contributed by atoms with Gasteiger partial charge >= 0.3 is 0 Å². The molecule has 0 radical (unpaired) electrons. The number of hydrogen-bond acceptors (Lipinski definition) is 4. The number of aliphatic hydroxyl groups is 1. The van der Waals surface area contributed by atoms with E-state index in [9.17, 15) is 9.90 Å². The Morgan fingerprint density at radius 1 is 1.57 bits per heavy atom. The Kier molecular flexibility index (Phi) is 4.15. The smallest absolute Gasteiger partial charge is 0.230 e. The van der Waals surface area contributed by atoms with Crippen LogP contribution in [0.4, 0.5) is 0 Å². The van der Waals surface area contributed by atoms with Gasteiger partial charge in [0.25, 0.3) is 0 Å². The molecule has 0 saturated carbocycles. The second-order valence-electron chi connectivity index (χ2n) is 6.00. The van der Waals surface area contributed by atoms with Crippen LogP contribution in [-0.4, -0.2) is 46.6 Å². The van der Waals surface area contributed by atoms with E-state index in [1.54, 1.807) is 12.4 Å². The van der Waals surface area contributed by atoms with Crippen molar-refractivity contribution in [3.8, 4) is 0 Å². The number of rotatable bonds is 2. The highest BCUT2D eigenvalue weighted by Crippen LogP contribution is 2.37. The number of pyridine rings is 1. The van der Waals surface area contributed by atoms with E-state index in [2.05, 4.69) is 15.2 Å². The number of amides is 1. The predicted molar refractivity (Wildman–Crippen MR) is 79.8 cm³/mol. The van der Waals surface area contributed by atoms with Crippen molar-refractivity contribution < 1.29 is 9.90 Å². The Bertz CT molecular complexity index is 539. The van der Waals surface area contributed by atoms with Gasteiger partial charge in [0.2, 0.25) is 5.91 Å². The molecule has 0 aliphatic carbocycles. The first kappa shape index (κ1) is 14.8. The SMILES string of the molecule is O=C1NCCC[C@]12CN(Cc1ccncc1Cl)CC[C@H]2O. The normalized spacial score (nSPS) is 30.4. The third kappa shape index (κ3) is 2.78. The third-order valence-electron chi connectivity index (χ3n) is 4.65. The van der Waals surface area contributed by atoms with Gasteiger partial charge in [-0.3, -0.25) is 14.7 Å². The van der Waals surface area contributed by atoms with Gasteiger partial charge < -0.3 is 10.4 Å². The van der Waals surface area contributed by atoms with Crippen LogP contribution >= 0.6 is 11.6 Å². The van der Waals surface area contributed by atoms with Crippen LogP contribution in [0.2, 0.25) is 5.02 Å². The van der Waals surface area contributed by atoms with E-state index in [1.807, 2.05) is 6.07 Å². The second-order valence-corrected chi connectivity index (χ2v) is 6.41. The van der Waals surface area contributed by atoms with Gasteiger partial charge in [0, 0.05) is 38.6 Å². The maximum absolute atomic E-state index is 12.3. The molecule has 2 aliphatic heterocycles. The number of carbonyl (C=O) groups is 1. The van der Waals surface area contributed by atoms with Gasteiger partial charge in [0.15, 0.2) is 0 Å². The average Bonchev–Trinajstić information content (AvgIpc) is 2.48. The summed E-state index contributed by atoms with van der Waals surface area (Å²) in [4.78, 5) is 18.5. The first-order valence-corrected chi connectivity index (χ1v) is 7.77. The zero-order chi connectivity index (χ0) is 14.9. The van der Waals surface area contributed by atoms with Gasteiger partial charge in [-0.2, -0.15) is 0 Å². The molecule has 6 heteroatoms. The fourth-order valence-corrected chi connectivity index (χ4v) is 3.62. The third-order valence-corrected chi connectivity index (χ3v) is 4.99. The molecular formula is C15H20ClN3O2. The second kappa shape index (κ2) is 5.91. The van der Waals surface area contributed by atoms with Gasteiger partial charge in [-0.15, -0.1) is 0 Å². The summed E-state index contributed by atoms with van der Waals surface area (Å²) in [6, 6.07) is 1.90. The van der Waals surface area contributed by atoms with Crippen LogP contribution in [0.1, 0.15) is 24.8 Å². The van der Waals surface area contributed by atoms with Crippen molar-refractivity contribution in [3.63, 3.8) is 0 Å². The van der Waals surface area contributed by atoms with E-state index < -0.39 is 11.5 Å². The molecule has 1 amide bonds. The van der Waals surface area contributed by atoms with Gasteiger partial charge in [-0.25, -0.2) is 0 Å². The lowest BCUT2D eigenvalue weighted by atomic mass is 9.71. The molecule has 2 fully saturated rings. The van der Waals surface area contributed by atoms with E-state index in [4.69, 9.17) is 11.6 Å². The van der Waals surface area contributed by atoms with Crippen molar-refractivity contribution in [2.75, 3.05) is 19.6 Å². The number of halogens is 1. The van der Waals surface area contributed by atoms with Crippen LogP contribution in [0.3, 0.4) is 0 Å². The summed E-state index contributed by atoms with van der Waals surface area (Å²) in [5.74, 6) is -0.00762. The summed E-state index contributed by atoms with van der Waals surface area (Å²) in [5, 5.41) is 13.9. The summed E-state index contributed by atoms with van der Waals surface area (Å²) in [5.41, 5.74) is 0.352. The maximum atomic E-state index is 12.3. The van der Waals surface area contributed by atoms with Crippen LogP contribution in [-0.2, 0) is 11.3 Å². The largest absolute Gasteiger partial charge is 0.392 e. The molecule has 21 heavy (non-hydrogen) atoms. The number of carbonyl (C=O) groups excluding carboxylic acids is 1. The van der Waals surface area contributed by atoms with E-state index in [0.717, 1.165) is 24.9 Å². The van der Waals surface area contributed by atoms with Crippen LogP contribution in [0.15, 0.2) is 18.5 Å². The summed E-state index contributed by atoms with van der Waals surface area (Å²) in [7, 11) is 0. The number of aliphatic hydroxyl groups excluding tert-OH is 1. The maximum Gasteiger partial charge on any atom is 0.230 e. The fraction of sp³-hybridized carbons (Fsp3) is 0.600. The number of likely N-dealkylation sites (tertiary alicyclic amines) is 1. The Balaban J connectivity index is 1.77. The van der Waals surface area contributed by atoms with Crippen molar-refractivity contribution >= 4 is 17.5 Å². The molecule has 1 aromatic rings. The summed E-state index contributed by atoms with van der Waals surface area (Å²) in [6.45, 7) is 2.75. The van der Waals surface area contributed by atoms with Crippen molar-refractivity contribution in [1.29, 1.82) is 0 Å². The van der Waals surface area contributed by atoms with Gasteiger partial charge in [0.05, 0.1) is 16.5 Å². The van der Waals surface area contributed by atoms with E-state index in [1.165, 1.54) is 0 Å². The molecule has 1 aromatic heterocycles. The Morgan fingerprint density at radius 2 is 2.43 bits per heavy atom. The van der Waals surface area contributed by atoms with Crippen LogP contribution in [0, 0.1) is 5.41 Å². The minimum atomic E-state index is -0.657. The minimum absolute atomic E-state index is 0.00762. The number of piperidine rings is 2. The van der Waals surface area contributed by atoms with Crippen molar-refractivity contribution in [1.82, 2.24) is 15.2 Å². The highest BCUT2D eigenvalue weighted by molar-refractivity contribution is 6.31. The summed E-state index contributed by atoms with van der Waals surface area (Å²) in [6.07, 6.45) is 5.10. The van der Waals surface area contributed by atoms with E-state index in [-0.39, 0.29) is 5.91 Å². The molecule has 2 saturated heterocycles. The first-order valence-electron chi connectivity index (χ1n) is 7.39. The zero-order valence-corrected chi connectivity index (χ0v) is 12.6. The molecule has 2 aliphatic rings. The average molecular weight is 310 g/mol. The first-order chi connectivity index (χ1) is 10.1. The van der Waals surface area contributed by atoms with Crippen molar-refractivity contribution in [2.24, 2.45) is 5.41 Å². The zero-order valence-electron chi connectivity index (χ0n) is 11.9. The summed E-state index contributed by atoms with van der Waals surface area (Å²) < 4.78 is 0. The molecule has 3 heterocycles. The summed E-state index contributed by atoms with van der Waals surface area (Å²) >= 11 is 6.16. The van der Waals surface area contributed by atoms with Crippen molar-refractivity contribution in [3.05, 3.63) is 29.0 Å². The highest BCUT2D eigenvalue weighted by atomic mass is 35.5. The molecule has 0 bridgehead atoms. The molecule has 3 rings (SSSR count). The number of nitrogens with one attached hydrogen (secondary N) is 1. The molecule has 5 nitrogen and oxygen atoms in total. The molecule has 2 N–H and O–H groups in total. The van der Waals surface area contributed by atoms with Gasteiger partial charge in [-0.05, 0) is 30.9 Å². The van der Waals surface area contributed by atoms with Crippen molar-refractivity contribution in [2.45, 2.75) is 31.9 Å². The topological polar surface area (TPSA) is 65.5 Å². The van der Waals surface area contributed by atoms with Gasteiger partial charge in [0.1, 0.15) is 0 Å². The highest BCUT2D eigenvalue weighted by Gasteiger charge is 2.49. The quantitative estimate of drug-likeness (QED) is 0.861. The lowest BCUT2D eigenvalue weighted by Crippen LogP contribution is -2.61. The van der Waals surface area contributed by atoms with Crippen LogP contribution < -0.4 is 5.32 Å². The standard InChI is InChI=1S/C15H20ClN3O2/c16-12-8-17-6-2-11(12)9-19-7-3-13(20)15(10-19)4-1-5-18-14(15)21/h2,6,8,13,20H,1,3-5,7,9-10H2,(H,18,21)/t13-,15-/m1/s1. The van der Waals surface area contributed by atoms with Gasteiger partial charge in [-0.1, -0.05) is 11.6 Å². The molecular weight excluding hydrogens is 290 g/mol. The number of hydrogen-bond donors (Lipinski definition) is 2. The molecule has 1 spiro atoms. The fourth-order valence-electron chi connectivity index (χ4n) is 3.44. The molecule has 0 aromatic carbocycles. The Morgan fingerprint density at radius 3 is 3.19 bits per heavy atom. The van der Waals surface area contributed by atoms with E-state index >= 15 is 0 Å². The number of nitrogens with zero attached hydrogens (tertiary/aromatic N) is 2. The predicted octanol–water partition coefficient (Wildman–Crippen LogP) is 1.20. The van der Waals surface area contributed by atoms with Crippen LogP contribution in [0.5, 0.6) is 0 Å². The molecule has 114 valence electrons. The molecule has 2 atom stereocenters. The Hall–Kier alpha value is -1.17. The number of aromatic nitrogens is 1. The monoisotopic (exact) mass is 309 g/mol. The Labute approximate surface area is 129 Å². The lowest BCUT2D eigenvalue weighted by molar-refractivity contribution is -0.149. The van der Waals surface area contributed by atoms with E-state index in [0.29, 0.717) is 31.1 Å².